The zero-order chi connectivity index (χ0) is 17.8. The molecule has 1 aromatic heterocycles. The molecule has 0 saturated carbocycles. The number of carbonyl (C=O) groups excluding carboxylic acids is 2. The highest BCUT2D eigenvalue weighted by molar-refractivity contribution is 6.36. The van der Waals surface area contributed by atoms with Gasteiger partial charge < -0.3 is 15.5 Å². The molecule has 3 rings (SSSR count). The van der Waals surface area contributed by atoms with Crippen LogP contribution in [0.1, 0.15) is 12.1 Å². The Morgan fingerprint density at radius 2 is 2.16 bits per heavy atom. The molecule has 0 bridgehead atoms. The number of anilines is 1. The summed E-state index contributed by atoms with van der Waals surface area (Å²) >= 11 is 12.0. The first-order chi connectivity index (χ1) is 12.0. The smallest absolute Gasteiger partial charge is 0.315 e. The molecule has 3 amide bonds. The number of hydrogen-bond acceptors (Lipinski definition) is 4. The molecule has 25 heavy (non-hydrogen) atoms. The highest BCUT2D eigenvalue weighted by atomic mass is 35.5. The lowest BCUT2D eigenvalue weighted by Gasteiger charge is -2.18. The maximum atomic E-state index is 12.5. The Morgan fingerprint density at radius 3 is 2.88 bits per heavy atom. The zero-order valence-corrected chi connectivity index (χ0v) is 14.6. The van der Waals surface area contributed by atoms with Gasteiger partial charge in [-0.3, -0.25) is 4.79 Å². The molecule has 1 atom stereocenters. The zero-order valence-electron chi connectivity index (χ0n) is 13.1. The third-order valence-electron chi connectivity index (χ3n) is 3.78. The summed E-state index contributed by atoms with van der Waals surface area (Å²) in [5.74, 6) is -0.207. The molecule has 1 aliphatic rings. The van der Waals surface area contributed by atoms with E-state index in [0.29, 0.717) is 34.4 Å². The summed E-state index contributed by atoms with van der Waals surface area (Å²) in [6.45, 7) is 0.721. The number of hydrogen-bond donors (Lipinski definition) is 2. The number of urea groups is 1. The van der Waals surface area contributed by atoms with E-state index in [1.165, 1.54) is 6.33 Å². The minimum Gasteiger partial charge on any atom is -0.332 e. The molecule has 7 nitrogen and oxygen atoms in total. The Balaban J connectivity index is 1.57. The maximum absolute atomic E-state index is 12.5. The lowest BCUT2D eigenvalue weighted by Crippen LogP contribution is -2.46. The van der Waals surface area contributed by atoms with Gasteiger partial charge in [-0.25, -0.2) is 14.8 Å². The lowest BCUT2D eigenvalue weighted by atomic mass is 10.2. The molecule has 1 aromatic carbocycles. The normalized spacial score (nSPS) is 16.8. The van der Waals surface area contributed by atoms with Gasteiger partial charge in [-0.1, -0.05) is 23.2 Å². The second-order valence-electron chi connectivity index (χ2n) is 5.45. The van der Waals surface area contributed by atoms with Crippen molar-refractivity contribution in [2.75, 3.05) is 11.4 Å². The van der Waals surface area contributed by atoms with Gasteiger partial charge in [0.2, 0.25) is 5.91 Å². The molecular formula is C16H15Cl2N5O2. The number of nitrogens with zero attached hydrogens (tertiary/aromatic N) is 3. The first-order valence-corrected chi connectivity index (χ1v) is 8.36. The van der Waals surface area contributed by atoms with E-state index in [0.717, 1.165) is 0 Å². The molecule has 1 saturated heterocycles. The van der Waals surface area contributed by atoms with E-state index in [2.05, 4.69) is 20.6 Å². The van der Waals surface area contributed by atoms with Crippen LogP contribution in [-0.2, 0) is 11.3 Å². The van der Waals surface area contributed by atoms with E-state index in [1.54, 1.807) is 35.4 Å². The van der Waals surface area contributed by atoms with Crippen LogP contribution in [0.4, 0.5) is 10.5 Å². The highest BCUT2D eigenvalue weighted by Gasteiger charge is 2.34. The predicted molar refractivity (Wildman–Crippen MR) is 94.6 cm³/mol. The van der Waals surface area contributed by atoms with Crippen molar-refractivity contribution in [3.8, 4) is 0 Å². The van der Waals surface area contributed by atoms with E-state index in [9.17, 15) is 9.59 Å². The largest absolute Gasteiger partial charge is 0.332 e. The van der Waals surface area contributed by atoms with Crippen molar-refractivity contribution in [1.29, 1.82) is 0 Å². The number of nitrogens with one attached hydrogen (secondary N) is 2. The van der Waals surface area contributed by atoms with E-state index in [4.69, 9.17) is 23.2 Å². The Bertz CT molecular complexity index is 787. The van der Waals surface area contributed by atoms with Crippen molar-refractivity contribution in [3.63, 3.8) is 0 Å². The van der Waals surface area contributed by atoms with E-state index < -0.39 is 12.1 Å². The summed E-state index contributed by atoms with van der Waals surface area (Å²) in [5.41, 5.74) is 1.26. The van der Waals surface area contributed by atoms with Crippen LogP contribution in [0.25, 0.3) is 0 Å². The first kappa shape index (κ1) is 17.4. The van der Waals surface area contributed by atoms with E-state index in [-0.39, 0.29) is 12.5 Å². The summed E-state index contributed by atoms with van der Waals surface area (Å²) in [7, 11) is 0. The third kappa shape index (κ3) is 4.18. The van der Waals surface area contributed by atoms with Crippen LogP contribution in [0.3, 0.4) is 0 Å². The van der Waals surface area contributed by atoms with Gasteiger partial charge >= 0.3 is 6.03 Å². The van der Waals surface area contributed by atoms with Crippen molar-refractivity contribution in [1.82, 2.24) is 20.6 Å². The minimum atomic E-state index is -0.600. The van der Waals surface area contributed by atoms with Crippen molar-refractivity contribution in [2.24, 2.45) is 0 Å². The number of carbonyl (C=O) groups is 2. The molecule has 0 radical (unpaired) electrons. The average Bonchev–Trinajstić information content (AvgIpc) is 2.95. The van der Waals surface area contributed by atoms with Gasteiger partial charge in [0.15, 0.2) is 0 Å². The van der Waals surface area contributed by atoms with Gasteiger partial charge in [-0.05, 0) is 30.7 Å². The Kier molecular flexibility index (Phi) is 5.35. The molecule has 9 heteroatoms. The molecule has 0 aliphatic carbocycles. The molecule has 1 unspecified atom stereocenters. The van der Waals surface area contributed by atoms with Gasteiger partial charge in [-0.15, -0.1) is 0 Å². The second-order valence-corrected chi connectivity index (χ2v) is 6.30. The van der Waals surface area contributed by atoms with Crippen LogP contribution in [0.5, 0.6) is 0 Å². The van der Waals surface area contributed by atoms with Crippen molar-refractivity contribution in [2.45, 2.75) is 19.0 Å². The van der Waals surface area contributed by atoms with Crippen molar-refractivity contribution < 1.29 is 9.59 Å². The topological polar surface area (TPSA) is 87.2 Å². The van der Waals surface area contributed by atoms with E-state index >= 15 is 0 Å². The molecule has 1 fully saturated rings. The third-order valence-corrected chi connectivity index (χ3v) is 4.32. The maximum Gasteiger partial charge on any atom is 0.315 e. The van der Waals surface area contributed by atoms with Crippen LogP contribution >= 0.6 is 23.2 Å². The number of benzene rings is 1. The molecule has 2 N–H and O–H groups in total. The van der Waals surface area contributed by atoms with Crippen LogP contribution in [0.15, 0.2) is 36.8 Å². The van der Waals surface area contributed by atoms with Crippen LogP contribution < -0.4 is 15.5 Å². The Morgan fingerprint density at radius 1 is 1.32 bits per heavy atom. The Hall–Kier alpha value is -2.38. The van der Waals surface area contributed by atoms with E-state index in [1.807, 2.05) is 0 Å². The van der Waals surface area contributed by atoms with Crippen molar-refractivity contribution >= 4 is 40.8 Å². The molecular weight excluding hydrogens is 365 g/mol. The standard InChI is InChI=1S/C16H15Cl2N5O2/c17-10-1-2-14(12(18)7-10)23-6-4-13(15(23)24)22-16(25)20-8-11-3-5-19-9-21-11/h1-3,5,7,9,13H,4,6,8H2,(H2,20,22,25). The summed E-state index contributed by atoms with van der Waals surface area (Å²) in [4.78, 5) is 33.9. The number of halogens is 2. The van der Waals surface area contributed by atoms with Crippen LogP contribution in [0, 0.1) is 0 Å². The average molecular weight is 380 g/mol. The fourth-order valence-corrected chi connectivity index (χ4v) is 3.07. The fourth-order valence-electron chi connectivity index (χ4n) is 2.56. The van der Waals surface area contributed by atoms with Gasteiger partial charge in [-0.2, -0.15) is 0 Å². The minimum absolute atomic E-state index is 0.207. The fraction of sp³-hybridized carbons (Fsp3) is 0.250. The summed E-state index contributed by atoms with van der Waals surface area (Å²) in [6.07, 6.45) is 3.50. The van der Waals surface area contributed by atoms with Gasteiger partial charge in [0.05, 0.1) is 22.9 Å². The van der Waals surface area contributed by atoms with Crippen LogP contribution in [0.2, 0.25) is 10.0 Å². The van der Waals surface area contributed by atoms with Crippen LogP contribution in [-0.4, -0.2) is 34.5 Å². The number of amides is 3. The van der Waals surface area contributed by atoms with Crippen molar-refractivity contribution in [3.05, 3.63) is 52.5 Å². The molecule has 0 spiro atoms. The second kappa shape index (κ2) is 7.67. The van der Waals surface area contributed by atoms with Gasteiger partial charge in [0, 0.05) is 17.8 Å². The number of aromatic nitrogens is 2. The van der Waals surface area contributed by atoms with Gasteiger partial charge in [0.1, 0.15) is 12.4 Å². The molecule has 130 valence electrons. The predicted octanol–water partition coefficient (Wildman–Crippen LogP) is 2.39. The highest BCUT2D eigenvalue weighted by Crippen LogP contribution is 2.31. The first-order valence-electron chi connectivity index (χ1n) is 7.60. The molecule has 1 aliphatic heterocycles. The quantitative estimate of drug-likeness (QED) is 0.853. The summed E-state index contributed by atoms with van der Waals surface area (Å²) in [6, 6.07) is 5.62. The molecule has 2 aromatic rings. The SMILES string of the molecule is O=C(NCc1ccncn1)NC1CCN(c2ccc(Cl)cc2Cl)C1=O. The molecule has 2 heterocycles. The summed E-state index contributed by atoms with van der Waals surface area (Å²) < 4.78 is 0. The Labute approximate surface area is 154 Å². The van der Waals surface area contributed by atoms with Gasteiger partial charge in [0.25, 0.3) is 0 Å². The lowest BCUT2D eigenvalue weighted by molar-refractivity contribution is -0.118. The number of rotatable bonds is 4. The monoisotopic (exact) mass is 379 g/mol. The summed E-state index contributed by atoms with van der Waals surface area (Å²) in [5, 5.41) is 6.24.